The van der Waals surface area contributed by atoms with Gasteiger partial charge in [-0.05, 0) is 24.3 Å². The lowest BCUT2D eigenvalue weighted by molar-refractivity contribution is 0.305. The molecule has 5 heteroatoms. The van der Waals surface area contributed by atoms with Crippen molar-refractivity contribution in [1.29, 1.82) is 0 Å². The summed E-state index contributed by atoms with van der Waals surface area (Å²) in [4.78, 5) is 0. The Kier molecular flexibility index (Phi) is 3.94. The summed E-state index contributed by atoms with van der Waals surface area (Å²) in [6.45, 7) is 0.235. The molecule has 0 aliphatic carbocycles. The molecule has 0 atom stereocenters. The van der Waals surface area contributed by atoms with E-state index in [-0.39, 0.29) is 12.3 Å². The number of ether oxygens (including phenoxy) is 1. The first-order chi connectivity index (χ1) is 8.56. The van der Waals surface area contributed by atoms with Crippen LogP contribution >= 0.6 is 23.2 Å². The molecule has 0 fully saturated rings. The third-order valence-corrected chi connectivity index (χ3v) is 2.97. The summed E-state index contributed by atoms with van der Waals surface area (Å²) in [6.07, 6.45) is 0. The Morgan fingerprint density at radius 3 is 2.56 bits per heavy atom. The van der Waals surface area contributed by atoms with Crippen LogP contribution in [0, 0.1) is 5.82 Å². The molecular weight excluding hydrogens is 276 g/mol. The molecule has 0 radical (unpaired) electrons. The summed E-state index contributed by atoms with van der Waals surface area (Å²) in [5.74, 6) is -0.109. The summed E-state index contributed by atoms with van der Waals surface area (Å²) in [5, 5.41) is 1.07. The van der Waals surface area contributed by atoms with Gasteiger partial charge in [-0.3, -0.25) is 0 Å². The lowest BCUT2D eigenvalue weighted by Gasteiger charge is -2.08. The third-order valence-electron chi connectivity index (χ3n) is 2.38. The topological polar surface area (TPSA) is 35.2 Å². The molecular formula is C13H10Cl2FNO. The highest BCUT2D eigenvalue weighted by molar-refractivity contribution is 6.35. The Hall–Kier alpha value is -1.45. The first kappa shape index (κ1) is 13.0. The Bertz CT molecular complexity index is 575. The van der Waals surface area contributed by atoms with E-state index in [2.05, 4.69) is 0 Å². The third kappa shape index (κ3) is 3.06. The van der Waals surface area contributed by atoms with Gasteiger partial charge in [-0.2, -0.15) is 0 Å². The smallest absolute Gasteiger partial charge is 0.149 e. The van der Waals surface area contributed by atoms with Gasteiger partial charge in [0.1, 0.15) is 18.2 Å². The summed E-state index contributed by atoms with van der Waals surface area (Å²) in [6, 6.07) is 9.40. The summed E-state index contributed by atoms with van der Waals surface area (Å²) in [5.41, 5.74) is 6.24. The highest BCUT2D eigenvalue weighted by atomic mass is 35.5. The van der Waals surface area contributed by atoms with Crippen LogP contribution in [0.5, 0.6) is 5.75 Å². The van der Waals surface area contributed by atoms with E-state index in [1.165, 1.54) is 12.1 Å². The molecule has 0 saturated carbocycles. The van der Waals surface area contributed by atoms with Crippen LogP contribution in [0.2, 0.25) is 10.0 Å². The maximum atomic E-state index is 13.2. The van der Waals surface area contributed by atoms with Gasteiger partial charge in [-0.15, -0.1) is 0 Å². The van der Waals surface area contributed by atoms with Crippen molar-refractivity contribution < 1.29 is 9.13 Å². The number of hydrogen-bond acceptors (Lipinski definition) is 2. The second kappa shape index (κ2) is 5.46. The van der Waals surface area contributed by atoms with E-state index in [1.807, 2.05) is 0 Å². The zero-order chi connectivity index (χ0) is 13.1. The van der Waals surface area contributed by atoms with Crippen molar-refractivity contribution in [2.45, 2.75) is 6.61 Å². The van der Waals surface area contributed by atoms with Gasteiger partial charge in [0.15, 0.2) is 0 Å². The second-order valence-electron chi connectivity index (χ2n) is 3.71. The average Bonchev–Trinajstić information content (AvgIpc) is 2.32. The molecule has 0 unspecified atom stereocenters. The van der Waals surface area contributed by atoms with Crippen LogP contribution in [-0.4, -0.2) is 0 Å². The van der Waals surface area contributed by atoms with Gasteiger partial charge < -0.3 is 10.5 Å². The molecule has 0 bridgehead atoms. The van der Waals surface area contributed by atoms with Gasteiger partial charge in [0.25, 0.3) is 0 Å². The number of anilines is 1. The summed E-state index contributed by atoms with van der Waals surface area (Å²) >= 11 is 11.8. The van der Waals surface area contributed by atoms with E-state index >= 15 is 0 Å². The van der Waals surface area contributed by atoms with Crippen LogP contribution < -0.4 is 10.5 Å². The maximum absolute atomic E-state index is 13.2. The van der Waals surface area contributed by atoms with Crippen molar-refractivity contribution in [3.63, 3.8) is 0 Å². The van der Waals surface area contributed by atoms with Crippen LogP contribution in [0.25, 0.3) is 0 Å². The second-order valence-corrected chi connectivity index (χ2v) is 4.55. The first-order valence-corrected chi connectivity index (χ1v) is 5.93. The Labute approximate surface area is 114 Å². The van der Waals surface area contributed by atoms with Gasteiger partial charge >= 0.3 is 0 Å². The molecule has 0 saturated heterocycles. The van der Waals surface area contributed by atoms with E-state index in [0.717, 1.165) is 5.56 Å². The fourth-order valence-electron chi connectivity index (χ4n) is 1.40. The van der Waals surface area contributed by atoms with Crippen molar-refractivity contribution in [2.75, 3.05) is 5.73 Å². The van der Waals surface area contributed by atoms with Crippen molar-refractivity contribution >= 4 is 28.9 Å². The molecule has 18 heavy (non-hydrogen) atoms. The van der Waals surface area contributed by atoms with Crippen LogP contribution in [0.4, 0.5) is 10.1 Å². The Morgan fingerprint density at radius 2 is 1.89 bits per heavy atom. The van der Waals surface area contributed by atoms with Crippen molar-refractivity contribution in [3.8, 4) is 5.75 Å². The molecule has 0 heterocycles. The summed E-state index contributed by atoms with van der Waals surface area (Å²) in [7, 11) is 0. The molecule has 0 spiro atoms. The molecule has 0 aliphatic rings. The minimum Gasteiger partial charge on any atom is -0.489 e. The fraction of sp³-hybridized carbons (Fsp3) is 0.0769. The predicted molar refractivity (Wildman–Crippen MR) is 71.6 cm³/mol. The fourth-order valence-corrected chi connectivity index (χ4v) is 1.86. The molecule has 2 nitrogen and oxygen atoms in total. The molecule has 0 aliphatic heterocycles. The predicted octanol–water partition coefficient (Wildman–Crippen LogP) is 4.29. The molecule has 2 aromatic carbocycles. The monoisotopic (exact) mass is 285 g/mol. The number of benzene rings is 2. The molecule has 0 amide bonds. The van der Waals surface area contributed by atoms with Crippen molar-refractivity contribution in [1.82, 2.24) is 0 Å². The van der Waals surface area contributed by atoms with E-state index in [1.54, 1.807) is 24.3 Å². The van der Waals surface area contributed by atoms with Crippen molar-refractivity contribution in [2.24, 2.45) is 0 Å². The number of halogens is 3. The van der Waals surface area contributed by atoms with E-state index < -0.39 is 5.82 Å². The SMILES string of the molecule is Nc1ccc(OCc2ccc(Cl)cc2Cl)cc1F. The van der Waals surface area contributed by atoms with Crippen LogP contribution in [-0.2, 0) is 6.61 Å². The lowest BCUT2D eigenvalue weighted by atomic mass is 10.2. The van der Waals surface area contributed by atoms with Gasteiger partial charge in [0.05, 0.1) is 5.69 Å². The highest BCUT2D eigenvalue weighted by Gasteiger charge is 2.04. The average molecular weight is 286 g/mol. The van der Waals surface area contributed by atoms with Gasteiger partial charge in [-0.25, -0.2) is 4.39 Å². The zero-order valence-corrected chi connectivity index (χ0v) is 10.8. The Morgan fingerprint density at radius 1 is 1.11 bits per heavy atom. The standard InChI is InChI=1S/C13H10Cl2FNO/c14-9-2-1-8(11(15)5-9)7-18-10-3-4-13(17)12(16)6-10/h1-6H,7,17H2. The van der Waals surface area contributed by atoms with Gasteiger partial charge in [0.2, 0.25) is 0 Å². The van der Waals surface area contributed by atoms with E-state index in [0.29, 0.717) is 15.8 Å². The van der Waals surface area contributed by atoms with Crippen LogP contribution in [0.3, 0.4) is 0 Å². The lowest BCUT2D eigenvalue weighted by Crippen LogP contribution is -1.98. The minimum absolute atomic E-state index is 0.0897. The zero-order valence-electron chi connectivity index (χ0n) is 9.29. The maximum Gasteiger partial charge on any atom is 0.149 e. The van der Waals surface area contributed by atoms with Crippen LogP contribution in [0.15, 0.2) is 36.4 Å². The first-order valence-electron chi connectivity index (χ1n) is 5.18. The Balaban J connectivity index is 2.09. The molecule has 2 aromatic rings. The number of hydrogen-bond donors (Lipinski definition) is 1. The molecule has 2 rings (SSSR count). The van der Waals surface area contributed by atoms with E-state index in [4.69, 9.17) is 33.7 Å². The van der Waals surface area contributed by atoms with Crippen LogP contribution in [0.1, 0.15) is 5.56 Å². The van der Waals surface area contributed by atoms with Gasteiger partial charge in [-0.1, -0.05) is 29.3 Å². The normalized spacial score (nSPS) is 10.4. The number of rotatable bonds is 3. The van der Waals surface area contributed by atoms with Crippen molar-refractivity contribution in [3.05, 3.63) is 57.8 Å². The number of nitrogens with two attached hydrogens (primary N) is 1. The summed E-state index contributed by atoms with van der Waals surface area (Å²) < 4.78 is 18.6. The van der Waals surface area contributed by atoms with Gasteiger partial charge in [0, 0.05) is 21.7 Å². The highest BCUT2D eigenvalue weighted by Crippen LogP contribution is 2.23. The molecule has 2 N–H and O–H groups in total. The minimum atomic E-state index is -0.505. The van der Waals surface area contributed by atoms with E-state index in [9.17, 15) is 4.39 Å². The molecule has 0 aromatic heterocycles. The molecule has 94 valence electrons. The number of nitrogen functional groups attached to an aromatic ring is 1. The quantitative estimate of drug-likeness (QED) is 0.854. The largest absolute Gasteiger partial charge is 0.489 e.